The van der Waals surface area contributed by atoms with Gasteiger partial charge < -0.3 is 19.7 Å². The summed E-state index contributed by atoms with van der Waals surface area (Å²) in [5.41, 5.74) is 0.179. The van der Waals surface area contributed by atoms with Gasteiger partial charge in [-0.25, -0.2) is 14.4 Å². The van der Waals surface area contributed by atoms with E-state index in [4.69, 9.17) is 4.74 Å². The minimum atomic E-state index is -1.23. The number of piperidine rings is 1. The van der Waals surface area contributed by atoms with Crippen LogP contribution in [0.1, 0.15) is 34.1 Å². The molecule has 33 heavy (non-hydrogen) atoms. The summed E-state index contributed by atoms with van der Waals surface area (Å²) >= 11 is 0. The summed E-state index contributed by atoms with van der Waals surface area (Å²) in [6.45, 7) is 7.63. The molecule has 0 saturated carbocycles. The molecule has 9 nitrogen and oxygen atoms in total. The summed E-state index contributed by atoms with van der Waals surface area (Å²) in [5.74, 6) is 0.0592. The van der Waals surface area contributed by atoms with Gasteiger partial charge in [0.2, 0.25) is 5.88 Å². The standard InChI is InChI=1S/C23H27FN6O3/c1-22(2)10-17(21(24)23(3,4)29-22)33-18-7-6-14(27-28-18)20-16(31)8-13(11-25-20)15-9-19(32)30(5)12-26-15/h6-9,11-12,17,21,29,31H,10H2,1-5H3/t17-,21-/m1/s1. The number of hydrogen-bond acceptors (Lipinski definition) is 8. The number of alkyl halides is 1. The van der Waals surface area contributed by atoms with Crippen LogP contribution in [-0.4, -0.2) is 53.2 Å². The molecule has 2 N–H and O–H groups in total. The van der Waals surface area contributed by atoms with Gasteiger partial charge in [-0.05, 0) is 39.8 Å². The minimum Gasteiger partial charge on any atom is -0.506 e. The third kappa shape index (κ3) is 4.70. The van der Waals surface area contributed by atoms with E-state index < -0.39 is 17.8 Å². The molecular weight excluding hydrogens is 427 g/mol. The van der Waals surface area contributed by atoms with Crippen molar-refractivity contribution in [3.8, 4) is 34.3 Å². The van der Waals surface area contributed by atoms with Crippen molar-refractivity contribution in [3.05, 3.63) is 47.1 Å². The van der Waals surface area contributed by atoms with E-state index in [1.807, 2.05) is 27.7 Å². The van der Waals surface area contributed by atoms with Gasteiger partial charge in [0, 0.05) is 48.4 Å². The van der Waals surface area contributed by atoms with Gasteiger partial charge in [-0.1, -0.05) is 0 Å². The number of rotatable bonds is 4. The second kappa shape index (κ2) is 8.18. The van der Waals surface area contributed by atoms with Crippen molar-refractivity contribution in [1.82, 2.24) is 30.0 Å². The van der Waals surface area contributed by atoms with Crippen molar-refractivity contribution in [2.24, 2.45) is 7.05 Å². The lowest BCUT2D eigenvalue weighted by molar-refractivity contribution is -0.0281. The first-order valence-corrected chi connectivity index (χ1v) is 10.6. The Labute approximate surface area is 190 Å². The largest absolute Gasteiger partial charge is 0.506 e. The van der Waals surface area contributed by atoms with Crippen molar-refractivity contribution < 1.29 is 14.2 Å². The molecule has 0 radical (unpaired) electrons. The van der Waals surface area contributed by atoms with Crippen LogP contribution in [0, 0.1) is 0 Å². The second-order valence-corrected chi connectivity index (χ2v) is 9.56. The third-order valence-corrected chi connectivity index (χ3v) is 5.68. The Morgan fingerprint density at radius 3 is 2.55 bits per heavy atom. The van der Waals surface area contributed by atoms with Crippen molar-refractivity contribution >= 4 is 0 Å². The fourth-order valence-electron chi connectivity index (χ4n) is 4.24. The maximum atomic E-state index is 15.0. The van der Waals surface area contributed by atoms with Gasteiger partial charge in [-0.3, -0.25) is 4.79 Å². The zero-order valence-electron chi connectivity index (χ0n) is 19.2. The molecule has 0 amide bonds. The number of halogens is 1. The lowest BCUT2D eigenvalue weighted by atomic mass is 9.79. The zero-order valence-corrected chi connectivity index (χ0v) is 19.2. The van der Waals surface area contributed by atoms with Crippen molar-refractivity contribution in [2.45, 2.75) is 57.5 Å². The first-order chi connectivity index (χ1) is 15.4. The normalized spacial score (nSPS) is 21.5. The molecular formula is C23H27FN6O3. The van der Waals surface area contributed by atoms with Crippen molar-refractivity contribution in [2.75, 3.05) is 0 Å². The van der Waals surface area contributed by atoms with Crippen molar-refractivity contribution in [3.63, 3.8) is 0 Å². The fraction of sp³-hybridized carbons (Fsp3) is 0.435. The van der Waals surface area contributed by atoms with E-state index >= 15 is 0 Å². The minimum absolute atomic E-state index is 0.136. The van der Waals surface area contributed by atoms with Gasteiger partial charge >= 0.3 is 0 Å². The molecule has 1 aliphatic rings. The fourth-order valence-corrected chi connectivity index (χ4v) is 4.24. The first kappa shape index (κ1) is 22.8. The van der Waals surface area contributed by atoms with Crippen LogP contribution in [0.2, 0.25) is 0 Å². The summed E-state index contributed by atoms with van der Waals surface area (Å²) in [5, 5.41) is 21.9. The molecule has 1 aliphatic heterocycles. The summed E-state index contributed by atoms with van der Waals surface area (Å²) < 4.78 is 22.2. The van der Waals surface area contributed by atoms with Gasteiger partial charge in [0.15, 0.2) is 6.17 Å². The number of pyridine rings is 1. The lowest BCUT2D eigenvalue weighted by Crippen LogP contribution is -2.66. The Morgan fingerprint density at radius 2 is 1.91 bits per heavy atom. The number of nitrogens with zero attached hydrogens (tertiary/aromatic N) is 5. The summed E-state index contributed by atoms with van der Waals surface area (Å²) in [6.07, 6.45) is 1.47. The predicted molar refractivity (Wildman–Crippen MR) is 121 cm³/mol. The molecule has 4 heterocycles. The van der Waals surface area contributed by atoms with Crippen LogP contribution in [0.15, 0.2) is 41.6 Å². The van der Waals surface area contributed by atoms with E-state index in [2.05, 4.69) is 25.5 Å². The van der Waals surface area contributed by atoms with Crippen LogP contribution < -0.4 is 15.6 Å². The Kier molecular flexibility index (Phi) is 5.65. The number of hydrogen-bond donors (Lipinski definition) is 2. The Bertz CT molecular complexity index is 1230. The molecule has 1 saturated heterocycles. The third-order valence-electron chi connectivity index (χ3n) is 5.68. The van der Waals surface area contributed by atoms with Crippen molar-refractivity contribution in [1.29, 1.82) is 0 Å². The van der Waals surface area contributed by atoms with Gasteiger partial charge in [0.25, 0.3) is 5.56 Å². The van der Waals surface area contributed by atoms with E-state index in [9.17, 15) is 14.3 Å². The average molecular weight is 455 g/mol. The predicted octanol–water partition coefficient (Wildman–Crippen LogP) is 2.64. The Balaban J connectivity index is 1.53. The summed E-state index contributed by atoms with van der Waals surface area (Å²) in [4.78, 5) is 20.3. The average Bonchev–Trinajstić information content (AvgIpc) is 2.73. The molecule has 3 aromatic heterocycles. The van der Waals surface area contributed by atoms with Crippen LogP contribution in [0.3, 0.4) is 0 Å². The Morgan fingerprint density at radius 1 is 1.15 bits per heavy atom. The SMILES string of the molecule is Cn1cnc(-c2cnc(-c3ccc(O[C@@H]4CC(C)(C)NC(C)(C)[C@@H]4F)nn3)c(O)c2)cc1=O. The van der Waals surface area contributed by atoms with Crippen LogP contribution in [0.5, 0.6) is 11.6 Å². The highest BCUT2D eigenvalue weighted by atomic mass is 19.1. The maximum Gasteiger partial charge on any atom is 0.253 e. The smallest absolute Gasteiger partial charge is 0.253 e. The van der Waals surface area contributed by atoms with Crippen LogP contribution in [0.25, 0.3) is 22.6 Å². The zero-order chi connectivity index (χ0) is 24.0. The molecule has 0 bridgehead atoms. The number of aromatic hydroxyl groups is 1. The first-order valence-electron chi connectivity index (χ1n) is 10.6. The molecule has 3 aromatic rings. The monoisotopic (exact) mass is 454 g/mol. The second-order valence-electron chi connectivity index (χ2n) is 9.56. The highest BCUT2D eigenvalue weighted by molar-refractivity contribution is 5.68. The van der Waals surface area contributed by atoms with E-state index in [-0.39, 0.29) is 28.4 Å². The molecule has 1 fully saturated rings. The number of nitrogens with one attached hydrogen (secondary N) is 1. The highest BCUT2D eigenvalue weighted by Crippen LogP contribution is 2.34. The van der Waals surface area contributed by atoms with Gasteiger partial charge in [0.1, 0.15) is 23.2 Å². The van der Waals surface area contributed by atoms with E-state index in [1.165, 1.54) is 29.2 Å². The lowest BCUT2D eigenvalue weighted by Gasteiger charge is -2.48. The van der Waals surface area contributed by atoms with Gasteiger partial charge in [0.05, 0.1) is 12.0 Å². The summed E-state index contributed by atoms with van der Waals surface area (Å²) in [6, 6.07) is 6.01. The van der Waals surface area contributed by atoms with Gasteiger partial charge in [-0.15, -0.1) is 10.2 Å². The van der Waals surface area contributed by atoms with Crippen LogP contribution >= 0.6 is 0 Å². The van der Waals surface area contributed by atoms with E-state index in [0.29, 0.717) is 23.4 Å². The van der Waals surface area contributed by atoms with Crippen LogP contribution in [-0.2, 0) is 7.05 Å². The number of aromatic nitrogens is 5. The van der Waals surface area contributed by atoms with E-state index in [1.54, 1.807) is 19.2 Å². The number of aryl methyl sites for hydroxylation is 1. The topological polar surface area (TPSA) is 115 Å². The molecule has 0 aromatic carbocycles. The Hall–Kier alpha value is -3.40. The molecule has 0 spiro atoms. The summed E-state index contributed by atoms with van der Waals surface area (Å²) in [7, 11) is 1.60. The maximum absolute atomic E-state index is 15.0. The molecule has 174 valence electrons. The number of ether oxygens (including phenoxy) is 1. The molecule has 10 heteroatoms. The molecule has 0 aliphatic carbocycles. The quantitative estimate of drug-likeness (QED) is 0.618. The van der Waals surface area contributed by atoms with Gasteiger partial charge in [-0.2, -0.15) is 0 Å². The highest BCUT2D eigenvalue weighted by Gasteiger charge is 2.47. The molecule has 2 atom stereocenters. The molecule has 0 unspecified atom stereocenters. The molecule has 4 rings (SSSR count). The van der Waals surface area contributed by atoms with E-state index in [0.717, 1.165) is 0 Å². The van der Waals surface area contributed by atoms with Crippen LogP contribution in [0.4, 0.5) is 4.39 Å².